The quantitative estimate of drug-likeness (QED) is 0.752. The Kier molecular flexibility index (Phi) is 4.05. The van der Waals surface area contributed by atoms with E-state index in [1.807, 2.05) is 0 Å². The molecule has 1 N–H and O–H groups in total. The zero-order valence-corrected chi connectivity index (χ0v) is 11.8. The van der Waals surface area contributed by atoms with Crippen LogP contribution in [0.4, 0.5) is 0 Å². The highest BCUT2D eigenvalue weighted by Crippen LogP contribution is 2.33. The van der Waals surface area contributed by atoms with Crippen molar-refractivity contribution in [2.24, 2.45) is 0 Å². The first-order chi connectivity index (χ1) is 8.83. The van der Waals surface area contributed by atoms with Crippen molar-refractivity contribution in [2.45, 2.75) is 76.4 Å². The minimum Gasteiger partial charge on any atom is -0.312 e. The van der Waals surface area contributed by atoms with Gasteiger partial charge in [0, 0.05) is 24.7 Å². The van der Waals surface area contributed by atoms with Gasteiger partial charge in [-0.1, -0.05) is 11.6 Å². The highest BCUT2D eigenvalue weighted by Gasteiger charge is 2.38. The molecule has 2 nitrogen and oxygen atoms in total. The lowest BCUT2D eigenvalue weighted by atomic mass is 9.97. The van der Waals surface area contributed by atoms with Gasteiger partial charge in [0.1, 0.15) is 0 Å². The van der Waals surface area contributed by atoms with Crippen LogP contribution in [0.15, 0.2) is 11.6 Å². The van der Waals surface area contributed by atoms with Crippen LogP contribution in [0.2, 0.25) is 0 Å². The molecule has 0 aromatic carbocycles. The smallest absolute Gasteiger partial charge is 0.0210 e. The second-order valence-electron chi connectivity index (χ2n) is 6.52. The van der Waals surface area contributed by atoms with Crippen molar-refractivity contribution in [3.8, 4) is 0 Å². The molecule has 0 aromatic heterocycles. The molecular formula is C16H28N2. The molecule has 2 aliphatic carbocycles. The van der Waals surface area contributed by atoms with Gasteiger partial charge < -0.3 is 5.32 Å². The third kappa shape index (κ3) is 3.16. The van der Waals surface area contributed by atoms with Crippen molar-refractivity contribution < 1.29 is 0 Å². The largest absolute Gasteiger partial charge is 0.312 e. The maximum Gasteiger partial charge on any atom is 0.0210 e. The fourth-order valence-corrected chi connectivity index (χ4v) is 3.69. The number of nitrogens with one attached hydrogen (secondary N) is 1. The van der Waals surface area contributed by atoms with E-state index in [0.29, 0.717) is 0 Å². The number of rotatable bonds is 5. The molecule has 102 valence electrons. The van der Waals surface area contributed by atoms with Crippen LogP contribution in [-0.2, 0) is 0 Å². The van der Waals surface area contributed by atoms with E-state index in [-0.39, 0.29) is 0 Å². The molecule has 3 aliphatic rings. The van der Waals surface area contributed by atoms with Crippen LogP contribution in [0.5, 0.6) is 0 Å². The highest BCUT2D eigenvalue weighted by atomic mass is 15.3. The second-order valence-corrected chi connectivity index (χ2v) is 6.52. The van der Waals surface area contributed by atoms with E-state index in [0.717, 1.165) is 18.1 Å². The number of hydrogen-bond donors (Lipinski definition) is 1. The fourth-order valence-electron chi connectivity index (χ4n) is 3.69. The maximum absolute atomic E-state index is 3.79. The van der Waals surface area contributed by atoms with E-state index in [2.05, 4.69) is 23.2 Å². The van der Waals surface area contributed by atoms with E-state index in [9.17, 15) is 0 Å². The summed E-state index contributed by atoms with van der Waals surface area (Å²) in [6, 6.07) is 2.50. The molecule has 1 saturated carbocycles. The van der Waals surface area contributed by atoms with E-state index in [1.54, 1.807) is 5.57 Å². The van der Waals surface area contributed by atoms with Crippen LogP contribution < -0.4 is 5.32 Å². The molecule has 1 aliphatic heterocycles. The summed E-state index contributed by atoms with van der Waals surface area (Å²) >= 11 is 0. The Labute approximate surface area is 112 Å². The monoisotopic (exact) mass is 248 g/mol. The van der Waals surface area contributed by atoms with Crippen LogP contribution in [-0.4, -0.2) is 36.1 Å². The van der Waals surface area contributed by atoms with Gasteiger partial charge in [-0.25, -0.2) is 0 Å². The molecule has 0 radical (unpaired) electrons. The summed E-state index contributed by atoms with van der Waals surface area (Å²) in [7, 11) is 0. The van der Waals surface area contributed by atoms with Gasteiger partial charge in [-0.15, -0.1) is 0 Å². The van der Waals surface area contributed by atoms with Gasteiger partial charge >= 0.3 is 0 Å². The van der Waals surface area contributed by atoms with Gasteiger partial charge in [-0.05, 0) is 64.8 Å². The molecule has 3 rings (SSSR count). The van der Waals surface area contributed by atoms with Crippen LogP contribution in [0.3, 0.4) is 0 Å². The standard InChI is InChI=1S/C16H28N2/c1-13-11-15(12-18(13)16-7-8-16)17-10-9-14-5-3-2-4-6-14/h5,13,15-17H,2-4,6-12H2,1H3. The van der Waals surface area contributed by atoms with Crippen molar-refractivity contribution >= 4 is 0 Å². The topological polar surface area (TPSA) is 15.3 Å². The van der Waals surface area contributed by atoms with Crippen molar-refractivity contribution in [3.63, 3.8) is 0 Å². The highest BCUT2D eigenvalue weighted by molar-refractivity contribution is 5.05. The summed E-state index contributed by atoms with van der Waals surface area (Å²) in [6.45, 7) is 4.90. The Morgan fingerprint density at radius 3 is 2.94 bits per heavy atom. The first kappa shape index (κ1) is 12.7. The van der Waals surface area contributed by atoms with Gasteiger partial charge in [-0.3, -0.25) is 4.90 Å². The summed E-state index contributed by atoms with van der Waals surface area (Å²) in [6.07, 6.45) is 13.5. The first-order valence-electron chi connectivity index (χ1n) is 8.00. The number of likely N-dealkylation sites (tertiary alicyclic amines) is 1. The molecule has 18 heavy (non-hydrogen) atoms. The Bertz CT molecular complexity index is 306. The SMILES string of the molecule is CC1CC(NCCC2=CCCCC2)CN1C1CC1. The fraction of sp³-hybridized carbons (Fsp3) is 0.875. The zero-order valence-electron chi connectivity index (χ0n) is 11.8. The molecule has 2 fully saturated rings. The van der Waals surface area contributed by atoms with Crippen molar-refractivity contribution in [1.29, 1.82) is 0 Å². The van der Waals surface area contributed by atoms with E-state index < -0.39 is 0 Å². The maximum atomic E-state index is 3.79. The predicted octanol–water partition coefficient (Wildman–Crippen LogP) is 3.09. The summed E-state index contributed by atoms with van der Waals surface area (Å²) in [5, 5.41) is 3.79. The van der Waals surface area contributed by atoms with Crippen molar-refractivity contribution in [1.82, 2.24) is 10.2 Å². The molecule has 2 unspecified atom stereocenters. The molecule has 0 aromatic rings. The van der Waals surface area contributed by atoms with Crippen LogP contribution >= 0.6 is 0 Å². The lowest BCUT2D eigenvalue weighted by Gasteiger charge is -2.20. The van der Waals surface area contributed by atoms with Gasteiger partial charge in [0.05, 0.1) is 0 Å². The van der Waals surface area contributed by atoms with E-state index in [4.69, 9.17) is 0 Å². The Hall–Kier alpha value is -0.340. The minimum absolute atomic E-state index is 0.754. The van der Waals surface area contributed by atoms with E-state index in [1.165, 1.54) is 64.5 Å². The van der Waals surface area contributed by atoms with Crippen LogP contribution in [0, 0.1) is 0 Å². The first-order valence-corrected chi connectivity index (χ1v) is 8.00. The molecule has 1 heterocycles. The summed E-state index contributed by atoms with van der Waals surface area (Å²) in [5.74, 6) is 0. The van der Waals surface area contributed by atoms with Gasteiger partial charge in [-0.2, -0.15) is 0 Å². The third-order valence-electron chi connectivity index (χ3n) is 4.90. The molecule has 0 spiro atoms. The lowest BCUT2D eigenvalue weighted by molar-refractivity contribution is 0.255. The number of allylic oxidation sites excluding steroid dienone is 1. The second kappa shape index (κ2) is 5.75. The lowest BCUT2D eigenvalue weighted by Crippen LogP contribution is -2.34. The minimum atomic E-state index is 0.754. The van der Waals surface area contributed by atoms with Gasteiger partial charge in [0.15, 0.2) is 0 Å². The Balaban J connectivity index is 1.37. The van der Waals surface area contributed by atoms with Crippen LogP contribution in [0.1, 0.15) is 58.3 Å². The number of nitrogens with zero attached hydrogens (tertiary/aromatic N) is 1. The molecule has 2 atom stereocenters. The van der Waals surface area contributed by atoms with Gasteiger partial charge in [0.25, 0.3) is 0 Å². The molecule has 0 amide bonds. The molecule has 0 bridgehead atoms. The summed E-state index contributed by atoms with van der Waals surface area (Å²) < 4.78 is 0. The predicted molar refractivity (Wildman–Crippen MR) is 76.8 cm³/mol. The average Bonchev–Trinajstić information content (AvgIpc) is 3.15. The molecular weight excluding hydrogens is 220 g/mol. The average molecular weight is 248 g/mol. The Morgan fingerprint density at radius 2 is 2.22 bits per heavy atom. The molecule has 2 heteroatoms. The van der Waals surface area contributed by atoms with Gasteiger partial charge in [0.2, 0.25) is 0 Å². The summed E-state index contributed by atoms with van der Waals surface area (Å²) in [5.41, 5.74) is 1.71. The zero-order chi connectivity index (χ0) is 12.4. The van der Waals surface area contributed by atoms with Crippen molar-refractivity contribution in [3.05, 3.63) is 11.6 Å². The number of hydrogen-bond acceptors (Lipinski definition) is 2. The normalized spacial score (nSPS) is 33.7. The van der Waals surface area contributed by atoms with Crippen LogP contribution in [0.25, 0.3) is 0 Å². The van der Waals surface area contributed by atoms with Crippen molar-refractivity contribution in [2.75, 3.05) is 13.1 Å². The Morgan fingerprint density at radius 1 is 1.33 bits per heavy atom. The van der Waals surface area contributed by atoms with E-state index >= 15 is 0 Å². The third-order valence-corrected chi connectivity index (χ3v) is 4.90. The molecule has 1 saturated heterocycles. The summed E-state index contributed by atoms with van der Waals surface area (Å²) in [4.78, 5) is 2.73.